The average Bonchev–Trinajstić information content (AvgIpc) is 3.18. The van der Waals surface area contributed by atoms with Crippen molar-refractivity contribution in [3.05, 3.63) is 54.6 Å². The number of imidazole rings is 1. The van der Waals surface area contributed by atoms with Crippen LogP contribution in [0.1, 0.15) is 31.2 Å². The topological polar surface area (TPSA) is 116 Å². The van der Waals surface area contributed by atoms with Gasteiger partial charge in [-0.2, -0.15) is 0 Å². The van der Waals surface area contributed by atoms with E-state index >= 15 is 0 Å². The lowest BCUT2D eigenvalue weighted by Gasteiger charge is -2.26. The number of aromatic nitrogens is 2. The van der Waals surface area contributed by atoms with Gasteiger partial charge in [0.1, 0.15) is 0 Å². The van der Waals surface area contributed by atoms with Gasteiger partial charge in [-0.15, -0.1) is 0 Å². The molecule has 2 aromatic rings. The number of hydrogen-bond donors (Lipinski definition) is 2. The molecular weight excluding hydrogens is 400 g/mol. The molecule has 0 saturated carbocycles. The van der Waals surface area contributed by atoms with Crippen LogP contribution in [0.4, 0.5) is 0 Å². The standard InChI is InChI=1S/C20H28N4O.2CH2O2/c1-2-19(18-7-4-3-5-8-18)20(25)24-11-6-10-22(15-16-24)13-14-23-12-9-21-17-23;2*2-1-3/h3-5,7-9,12,17,19H,2,6,10-11,13-16H2,1H3;2*1H,(H,2,3)/t19-;;/m0../s1. The van der Waals surface area contributed by atoms with Gasteiger partial charge in [-0.1, -0.05) is 37.3 Å². The maximum atomic E-state index is 13.0. The van der Waals surface area contributed by atoms with Crippen molar-refractivity contribution in [2.75, 3.05) is 32.7 Å². The summed E-state index contributed by atoms with van der Waals surface area (Å²) >= 11 is 0. The zero-order chi connectivity index (χ0) is 22.9. The second-order valence-corrected chi connectivity index (χ2v) is 6.90. The van der Waals surface area contributed by atoms with Gasteiger partial charge in [0.25, 0.3) is 12.9 Å². The molecule has 0 unspecified atom stereocenters. The average molecular weight is 433 g/mol. The van der Waals surface area contributed by atoms with Gasteiger partial charge in [0.15, 0.2) is 0 Å². The van der Waals surface area contributed by atoms with E-state index in [1.165, 1.54) is 0 Å². The van der Waals surface area contributed by atoms with Crippen LogP contribution in [0.3, 0.4) is 0 Å². The third-order valence-electron chi connectivity index (χ3n) is 5.04. The first kappa shape index (κ1) is 25.8. The van der Waals surface area contributed by atoms with Gasteiger partial charge >= 0.3 is 0 Å². The Bertz CT molecular complexity index is 734. The van der Waals surface area contributed by atoms with E-state index in [0.29, 0.717) is 0 Å². The number of rotatable bonds is 6. The second-order valence-electron chi connectivity index (χ2n) is 6.90. The van der Waals surface area contributed by atoms with Crippen molar-refractivity contribution in [3.63, 3.8) is 0 Å². The molecule has 2 N–H and O–H groups in total. The number of carboxylic acid groups (broad SMARTS) is 2. The second kappa shape index (κ2) is 15.6. The lowest BCUT2D eigenvalue weighted by atomic mass is 9.95. The van der Waals surface area contributed by atoms with Gasteiger partial charge in [-0.3, -0.25) is 19.3 Å². The maximum Gasteiger partial charge on any atom is 0.290 e. The molecule has 1 aromatic heterocycles. The molecule has 1 atom stereocenters. The predicted octanol–water partition coefficient (Wildman–Crippen LogP) is 2.01. The summed E-state index contributed by atoms with van der Waals surface area (Å²) in [7, 11) is 0. The number of nitrogens with zero attached hydrogens (tertiary/aromatic N) is 4. The minimum absolute atomic E-state index is 0.0151. The summed E-state index contributed by atoms with van der Waals surface area (Å²) < 4.78 is 2.11. The Hall–Kier alpha value is -3.20. The van der Waals surface area contributed by atoms with Crippen molar-refractivity contribution >= 4 is 18.9 Å². The molecule has 1 aliphatic heterocycles. The van der Waals surface area contributed by atoms with Gasteiger partial charge in [-0.05, 0) is 24.9 Å². The minimum atomic E-state index is -0.250. The van der Waals surface area contributed by atoms with Crippen molar-refractivity contribution in [2.24, 2.45) is 0 Å². The molecular formula is C22H32N4O5. The van der Waals surface area contributed by atoms with E-state index in [1.807, 2.05) is 36.9 Å². The van der Waals surface area contributed by atoms with Crippen molar-refractivity contribution in [3.8, 4) is 0 Å². The Labute approximate surface area is 182 Å². The monoisotopic (exact) mass is 432 g/mol. The highest BCUT2D eigenvalue weighted by molar-refractivity contribution is 5.83. The largest absolute Gasteiger partial charge is 0.483 e. The SMILES string of the molecule is CC[C@H](C(=O)N1CCCN(CCn2ccnc2)CC1)c1ccccc1.O=CO.O=CO. The van der Waals surface area contributed by atoms with Crippen LogP contribution in [-0.2, 0) is 20.9 Å². The van der Waals surface area contributed by atoms with Gasteiger partial charge in [0, 0.05) is 45.1 Å². The first-order valence-corrected chi connectivity index (χ1v) is 10.3. The third-order valence-corrected chi connectivity index (χ3v) is 5.04. The van der Waals surface area contributed by atoms with Gasteiger partial charge in [0.2, 0.25) is 5.91 Å². The van der Waals surface area contributed by atoms with Crippen LogP contribution in [-0.4, -0.2) is 81.1 Å². The minimum Gasteiger partial charge on any atom is -0.483 e. The Morgan fingerprint density at radius 3 is 2.32 bits per heavy atom. The molecule has 1 aromatic carbocycles. The molecule has 170 valence electrons. The highest BCUT2D eigenvalue weighted by Crippen LogP contribution is 2.22. The quantitative estimate of drug-likeness (QED) is 0.671. The zero-order valence-electron chi connectivity index (χ0n) is 17.9. The Balaban J connectivity index is 0.000000720. The number of hydrogen-bond acceptors (Lipinski definition) is 5. The van der Waals surface area contributed by atoms with Crippen molar-refractivity contribution < 1.29 is 24.6 Å². The lowest BCUT2D eigenvalue weighted by molar-refractivity contribution is -0.132. The molecule has 2 heterocycles. The molecule has 1 fully saturated rings. The predicted molar refractivity (Wildman–Crippen MR) is 117 cm³/mol. The molecule has 0 aliphatic carbocycles. The molecule has 0 radical (unpaired) electrons. The third kappa shape index (κ3) is 9.43. The maximum absolute atomic E-state index is 13.0. The van der Waals surface area contributed by atoms with E-state index < -0.39 is 0 Å². The van der Waals surface area contributed by atoms with Crippen LogP contribution in [0.25, 0.3) is 0 Å². The van der Waals surface area contributed by atoms with E-state index in [1.54, 1.807) is 0 Å². The molecule has 31 heavy (non-hydrogen) atoms. The number of benzene rings is 1. The zero-order valence-corrected chi connectivity index (χ0v) is 17.9. The van der Waals surface area contributed by atoms with Crippen molar-refractivity contribution in [2.45, 2.75) is 32.2 Å². The van der Waals surface area contributed by atoms with E-state index in [-0.39, 0.29) is 24.8 Å². The fourth-order valence-electron chi connectivity index (χ4n) is 3.55. The summed E-state index contributed by atoms with van der Waals surface area (Å²) in [5.74, 6) is 0.267. The number of amides is 1. The summed E-state index contributed by atoms with van der Waals surface area (Å²) in [4.78, 5) is 38.4. The first-order chi connectivity index (χ1) is 15.1. The van der Waals surface area contributed by atoms with Crippen LogP contribution >= 0.6 is 0 Å². The molecule has 3 rings (SSSR count). The first-order valence-electron chi connectivity index (χ1n) is 10.3. The fraction of sp³-hybridized carbons (Fsp3) is 0.455. The van der Waals surface area contributed by atoms with E-state index in [4.69, 9.17) is 19.8 Å². The fourth-order valence-corrected chi connectivity index (χ4v) is 3.55. The number of carbonyl (C=O) groups excluding carboxylic acids is 1. The normalized spacial score (nSPS) is 14.7. The van der Waals surface area contributed by atoms with Gasteiger partial charge < -0.3 is 19.7 Å². The van der Waals surface area contributed by atoms with E-state index in [9.17, 15) is 4.79 Å². The van der Waals surface area contributed by atoms with Crippen LogP contribution in [0.5, 0.6) is 0 Å². The molecule has 1 amide bonds. The molecule has 9 nitrogen and oxygen atoms in total. The highest BCUT2D eigenvalue weighted by atomic mass is 16.3. The smallest absolute Gasteiger partial charge is 0.290 e. The molecule has 0 spiro atoms. The Morgan fingerprint density at radius 2 is 1.74 bits per heavy atom. The summed E-state index contributed by atoms with van der Waals surface area (Å²) in [5.41, 5.74) is 1.14. The van der Waals surface area contributed by atoms with Crippen LogP contribution < -0.4 is 0 Å². The Kier molecular flexibility index (Phi) is 13.0. The molecule has 1 saturated heterocycles. The summed E-state index contributed by atoms with van der Waals surface area (Å²) in [5, 5.41) is 13.8. The van der Waals surface area contributed by atoms with Crippen LogP contribution in [0, 0.1) is 0 Å². The van der Waals surface area contributed by atoms with Crippen LogP contribution in [0.15, 0.2) is 49.1 Å². The summed E-state index contributed by atoms with van der Waals surface area (Å²) in [6, 6.07) is 10.2. The number of carbonyl (C=O) groups is 3. The molecule has 0 bridgehead atoms. The molecule has 1 aliphatic rings. The van der Waals surface area contributed by atoms with E-state index in [2.05, 4.69) is 38.4 Å². The van der Waals surface area contributed by atoms with Crippen molar-refractivity contribution in [1.82, 2.24) is 19.4 Å². The molecule has 9 heteroatoms. The van der Waals surface area contributed by atoms with Crippen molar-refractivity contribution in [1.29, 1.82) is 0 Å². The van der Waals surface area contributed by atoms with Crippen LogP contribution in [0.2, 0.25) is 0 Å². The Morgan fingerprint density at radius 1 is 1.06 bits per heavy atom. The highest BCUT2D eigenvalue weighted by Gasteiger charge is 2.26. The summed E-state index contributed by atoms with van der Waals surface area (Å²) in [6.45, 7) is 7.26. The summed E-state index contributed by atoms with van der Waals surface area (Å²) in [6.07, 6.45) is 7.57. The van der Waals surface area contributed by atoms with Gasteiger partial charge in [-0.25, -0.2) is 4.98 Å². The van der Waals surface area contributed by atoms with Gasteiger partial charge in [0.05, 0.1) is 12.2 Å². The lowest BCUT2D eigenvalue weighted by Crippen LogP contribution is -2.38. The van der Waals surface area contributed by atoms with E-state index in [0.717, 1.165) is 57.7 Å².